The summed E-state index contributed by atoms with van der Waals surface area (Å²) in [5, 5.41) is 9.39. The van der Waals surface area contributed by atoms with E-state index in [0.29, 0.717) is 29.6 Å². The number of thiophene rings is 1. The van der Waals surface area contributed by atoms with Gasteiger partial charge in [-0.25, -0.2) is 23.1 Å². The highest BCUT2D eigenvalue weighted by Crippen LogP contribution is 2.37. The van der Waals surface area contributed by atoms with Gasteiger partial charge in [0.1, 0.15) is 6.61 Å². The third kappa shape index (κ3) is 5.18. The SMILES string of the molecule is COc1cc2c(-c3ccsc3)nc(-n3cc(-c4ccc(S(C)(=O)=O)cc4)cn3)nc2cc1OCc1ccccc1. The highest BCUT2D eigenvalue weighted by Gasteiger charge is 2.17. The average Bonchev–Trinajstić information content (AvgIpc) is 3.68. The van der Waals surface area contributed by atoms with E-state index in [9.17, 15) is 8.42 Å². The van der Waals surface area contributed by atoms with Crippen LogP contribution < -0.4 is 9.47 Å². The molecule has 8 nitrogen and oxygen atoms in total. The molecular formula is C30H24N4O4S2. The molecule has 0 aliphatic rings. The summed E-state index contributed by atoms with van der Waals surface area (Å²) in [6, 6.07) is 22.4. The molecule has 0 saturated carbocycles. The lowest BCUT2D eigenvalue weighted by atomic mass is 10.1. The first-order chi connectivity index (χ1) is 19.4. The molecule has 0 spiro atoms. The van der Waals surface area contributed by atoms with Crippen molar-refractivity contribution >= 4 is 32.1 Å². The molecule has 3 aromatic carbocycles. The molecule has 0 aliphatic carbocycles. The summed E-state index contributed by atoms with van der Waals surface area (Å²) >= 11 is 1.59. The predicted octanol–water partition coefficient (Wildman–Crippen LogP) is 6.20. The Hall–Kier alpha value is -4.54. The van der Waals surface area contributed by atoms with E-state index < -0.39 is 9.84 Å². The van der Waals surface area contributed by atoms with Crippen molar-refractivity contribution in [1.29, 1.82) is 0 Å². The van der Waals surface area contributed by atoms with Crippen LogP contribution in [0, 0.1) is 0 Å². The second kappa shape index (κ2) is 10.6. The van der Waals surface area contributed by atoms with Crippen LogP contribution in [0.25, 0.3) is 39.2 Å². The number of nitrogens with zero attached hydrogens (tertiary/aromatic N) is 4. The molecule has 3 heterocycles. The number of fused-ring (bicyclic) bond motifs is 1. The van der Waals surface area contributed by atoms with Crippen molar-refractivity contribution in [2.24, 2.45) is 0 Å². The van der Waals surface area contributed by atoms with Gasteiger partial charge in [-0.3, -0.25) is 0 Å². The van der Waals surface area contributed by atoms with Crippen molar-refractivity contribution in [2.75, 3.05) is 13.4 Å². The van der Waals surface area contributed by atoms with E-state index in [-0.39, 0.29) is 4.90 Å². The van der Waals surface area contributed by atoms with Crippen LogP contribution in [0.5, 0.6) is 11.5 Å². The molecule has 0 amide bonds. The zero-order valence-corrected chi connectivity index (χ0v) is 23.3. The first-order valence-electron chi connectivity index (χ1n) is 12.3. The lowest BCUT2D eigenvalue weighted by Crippen LogP contribution is -2.04. The quantitative estimate of drug-likeness (QED) is 0.216. The average molecular weight is 569 g/mol. The van der Waals surface area contributed by atoms with Crippen LogP contribution in [0.3, 0.4) is 0 Å². The second-order valence-corrected chi connectivity index (χ2v) is 11.9. The molecule has 0 bridgehead atoms. The summed E-state index contributed by atoms with van der Waals surface area (Å²) in [5.41, 5.74) is 5.08. The molecule has 6 aromatic rings. The Balaban J connectivity index is 1.42. The number of hydrogen-bond donors (Lipinski definition) is 0. The van der Waals surface area contributed by atoms with Crippen molar-refractivity contribution in [2.45, 2.75) is 11.5 Å². The van der Waals surface area contributed by atoms with Gasteiger partial charge in [0.2, 0.25) is 0 Å². The fourth-order valence-corrected chi connectivity index (χ4v) is 5.60. The fourth-order valence-electron chi connectivity index (χ4n) is 4.33. The third-order valence-corrected chi connectivity index (χ3v) is 8.22. The number of rotatable bonds is 8. The Morgan fingerprint density at radius 2 is 1.70 bits per heavy atom. The minimum absolute atomic E-state index is 0.266. The van der Waals surface area contributed by atoms with Gasteiger partial charge in [-0.1, -0.05) is 42.5 Å². The van der Waals surface area contributed by atoms with Gasteiger partial charge >= 0.3 is 0 Å². The minimum atomic E-state index is -3.27. The predicted molar refractivity (Wildman–Crippen MR) is 156 cm³/mol. The van der Waals surface area contributed by atoms with Crippen LogP contribution in [0.15, 0.2) is 101 Å². The Morgan fingerprint density at radius 1 is 0.900 bits per heavy atom. The van der Waals surface area contributed by atoms with Crippen LogP contribution in [0.2, 0.25) is 0 Å². The third-order valence-electron chi connectivity index (χ3n) is 6.40. The number of hydrogen-bond acceptors (Lipinski definition) is 8. The number of benzene rings is 3. The van der Waals surface area contributed by atoms with E-state index in [2.05, 4.69) is 5.10 Å². The monoisotopic (exact) mass is 568 g/mol. The largest absolute Gasteiger partial charge is 0.493 e. The Morgan fingerprint density at radius 3 is 2.40 bits per heavy atom. The number of methoxy groups -OCH3 is 1. The molecule has 0 N–H and O–H groups in total. The molecule has 10 heteroatoms. The van der Waals surface area contributed by atoms with E-state index in [1.54, 1.807) is 53.6 Å². The van der Waals surface area contributed by atoms with Gasteiger partial charge < -0.3 is 9.47 Å². The Bertz CT molecular complexity index is 1900. The molecule has 200 valence electrons. The van der Waals surface area contributed by atoms with Gasteiger partial charge in [-0.2, -0.15) is 16.4 Å². The number of aromatic nitrogens is 4. The number of ether oxygens (including phenoxy) is 2. The minimum Gasteiger partial charge on any atom is -0.493 e. The molecule has 40 heavy (non-hydrogen) atoms. The Labute approximate surface area is 235 Å². The summed E-state index contributed by atoms with van der Waals surface area (Å²) in [6.07, 6.45) is 4.72. The van der Waals surface area contributed by atoms with Gasteiger partial charge in [0.25, 0.3) is 5.95 Å². The van der Waals surface area contributed by atoms with Gasteiger partial charge in [-0.05, 0) is 40.8 Å². The lowest BCUT2D eigenvalue weighted by Gasteiger charge is -2.14. The molecule has 0 radical (unpaired) electrons. The smallest absolute Gasteiger partial charge is 0.251 e. The summed E-state index contributed by atoms with van der Waals surface area (Å²) in [4.78, 5) is 9.99. The molecular weight excluding hydrogens is 544 g/mol. The molecule has 0 atom stereocenters. The van der Waals surface area contributed by atoms with E-state index in [4.69, 9.17) is 19.4 Å². The summed E-state index contributed by atoms with van der Waals surface area (Å²) in [6.45, 7) is 0.388. The molecule has 0 saturated heterocycles. The van der Waals surface area contributed by atoms with E-state index in [0.717, 1.165) is 33.3 Å². The summed E-state index contributed by atoms with van der Waals surface area (Å²) < 4.78 is 37.1. The maximum atomic E-state index is 11.8. The molecule has 0 fully saturated rings. The highest BCUT2D eigenvalue weighted by atomic mass is 32.2. The number of sulfone groups is 1. The highest BCUT2D eigenvalue weighted by molar-refractivity contribution is 7.90. The van der Waals surface area contributed by atoms with Crippen molar-refractivity contribution < 1.29 is 17.9 Å². The molecule has 3 aromatic heterocycles. The van der Waals surface area contributed by atoms with Crippen molar-refractivity contribution in [3.63, 3.8) is 0 Å². The van der Waals surface area contributed by atoms with Crippen LogP contribution >= 0.6 is 11.3 Å². The first-order valence-corrected chi connectivity index (χ1v) is 15.2. The second-order valence-electron chi connectivity index (χ2n) is 9.15. The zero-order chi connectivity index (χ0) is 27.7. The summed E-state index contributed by atoms with van der Waals surface area (Å²) in [5.74, 6) is 1.56. The van der Waals surface area contributed by atoms with Crippen molar-refractivity contribution in [3.05, 3.63) is 102 Å². The van der Waals surface area contributed by atoms with Crippen LogP contribution in [-0.2, 0) is 16.4 Å². The van der Waals surface area contributed by atoms with Crippen molar-refractivity contribution in [3.8, 4) is 39.8 Å². The van der Waals surface area contributed by atoms with E-state index in [1.807, 2.05) is 65.5 Å². The molecule has 6 rings (SSSR count). The molecule has 0 unspecified atom stereocenters. The normalized spacial score (nSPS) is 11.6. The van der Waals surface area contributed by atoms with E-state index >= 15 is 0 Å². The molecule has 0 aliphatic heterocycles. The standard InChI is InChI=1S/C30H24N4O4S2/c1-37-27-14-25-26(15-28(27)38-18-20-6-4-3-5-7-20)32-30(33-29(25)22-12-13-39-19-22)34-17-23(16-31-34)21-8-10-24(11-9-21)40(2,35)36/h3-17,19H,18H2,1-2H3. The lowest BCUT2D eigenvalue weighted by molar-refractivity contribution is 0.285. The van der Waals surface area contributed by atoms with Gasteiger partial charge in [-0.15, -0.1) is 0 Å². The maximum Gasteiger partial charge on any atom is 0.251 e. The van der Waals surface area contributed by atoms with Crippen LogP contribution in [0.4, 0.5) is 0 Å². The van der Waals surface area contributed by atoms with Crippen LogP contribution in [-0.4, -0.2) is 41.5 Å². The first kappa shape index (κ1) is 25.7. The van der Waals surface area contributed by atoms with Gasteiger partial charge in [0.15, 0.2) is 21.3 Å². The topological polar surface area (TPSA) is 96.2 Å². The van der Waals surface area contributed by atoms with Crippen molar-refractivity contribution in [1.82, 2.24) is 19.7 Å². The van der Waals surface area contributed by atoms with E-state index in [1.165, 1.54) is 6.26 Å². The summed E-state index contributed by atoms with van der Waals surface area (Å²) in [7, 11) is -1.66. The van der Waals surface area contributed by atoms with Gasteiger partial charge in [0, 0.05) is 40.4 Å². The fraction of sp³-hybridized carbons (Fsp3) is 0.100. The zero-order valence-electron chi connectivity index (χ0n) is 21.7. The van der Waals surface area contributed by atoms with Crippen LogP contribution in [0.1, 0.15) is 5.56 Å². The maximum absolute atomic E-state index is 11.8. The Kier molecular flexibility index (Phi) is 6.79. The van der Waals surface area contributed by atoms with Gasteiger partial charge in [0.05, 0.1) is 29.4 Å².